The first-order valence-electron chi connectivity index (χ1n) is 10.4. The molecule has 7 heteroatoms. The van der Waals surface area contributed by atoms with E-state index in [0.29, 0.717) is 18.8 Å². The van der Waals surface area contributed by atoms with Crippen LogP contribution in [-0.4, -0.2) is 64.5 Å². The number of benzene rings is 2. The molecule has 0 spiro atoms. The lowest BCUT2D eigenvalue weighted by atomic mass is 10.0. The number of aliphatic hydroxyl groups excluding tert-OH is 1. The predicted molar refractivity (Wildman–Crippen MR) is 115 cm³/mol. The molecule has 0 amide bonds. The van der Waals surface area contributed by atoms with E-state index in [4.69, 9.17) is 15.2 Å². The molecule has 1 aromatic heterocycles. The van der Waals surface area contributed by atoms with E-state index in [9.17, 15) is 5.11 Å². The normalized spacial score (nSPS) is 22.3. The minimum atomic E-state index is -0.531. The smallest absolute Gasteiger partial charge is 0.219 e. The zero-order valence-electron chi connectivity index (χ0n) is 16.8. The highest BCUT2D eigenvalue weighted by Crippen LogP contribution is 2.28. The van der Waals surface area contributed by atoms with Crippen molar-refractivity contribution in [3.8, 4) is 16.9 Å². The van der Waals surface area contributed by atoms with E-state index in [1.165, 1.54) is 0 Å². The Morgan fingerprint density at radius 2 is 1.77 bits per heavy atom. The maximum Gasteiger partial charge on any atom is 0.219 e. The third-order valence-corrected chi connectivity index (χ3v) is 5.85. The van der Waals surface area contributed by atoms with Gasteiger partial charge in [0.1, 0.15) is 18.5 Å². The summed E-state index contributed by atoms with van der Waals surface area (Å²) < 4.78 is 11.8. The SMILES string of the molecule is Nc1ncc(-c2ccc3ccc(OCC(O)CN4C[C@H]5CC[C@@H](C4)O5)cc3c2)cn1. The molecule has 2 fully saturated rings. The van der Waals surface area contributed by atoms with Crippen LogP contribution in [0.25, 0.3) is 21.9 Å². The van der Waals surface area contributed by atoms with Crippen molar-refractivity contribution < 1.29 is 14.6 Å². The summed E-state index contributed by atoms with van der Waals surface area (Å²) in [6.45, 7) is 2.69. The Morgan fingerprint density at radius 3 is 2.53 bits per heavy atom. The summed E-state index contributed by atoms with van der Waals surface area (Å²) in [4.78, 5) is 10.4. The number of aromatic nitrogens is 2. The number of hydrogen-bond donors (Lipinski definition) is 2. The average Bonchev–Trinajstić information content (AvgIpc) is 3.10. The van der Waals surface area contributed by atoms with Crippen LogP contribution in [0.2, 0.25) is 0 Å². The van der Waals surface area contributed by atoms with Gasteiger partial charge in [-0.15, -0.1) is 0 Å². The Hall–Kier alpha value is -2.74. The van der Waals surface area contributed by atoms with Crippen molar-refractivity contribution in [1.82, 2.24) is 14.9 Å². The molecule has 3 heterocycles. The lowest BCUT2D eigenvalue weighted by Crippen LogP contribution is -2.46. The zero-order valence-corrected chi connectivity index (χ0v) is 16.8. The van der Waals surface area contributed by atoms with E-state index in [1.54, 1.807) is 12.4 Å². The van der Waals surface area contributed by atoms with Crippen molar-refractivity contribution in [3.63, 3.8) is 0 Å². The Kier molecular flexibility index (Phi) is 5.25. The van der Waals surface area contributed by atoms with Crippen LogP contribution in [0.1, 0.15) is 12.8 Å². The third-order valence-electron chi connectivity index (χ3n) is 5.85. The number of likely N-dealkylation sites (tertiary alicyclic amines) is 1. The maximum absolute atomic E-state index is 10.5. The molecule has 0 saturated carbocycles. The molecule has 3 aromatic rings. The van der Waals surface area contributed by atoms with Crippen molar-refractivity contribution >= 4 is 16.7 Å². The Balaban J connectivity index is 1.23. The second kappa shape index (κ2) is 8.18. The van der Waals surface area contributed by atoms with Crippen LogP contribution in [-0.2, 0) is 4.74 Å². The Bertz CT molecular complexity index is 1010. The molecule has 3 N–H and O–H groups in total. The number of morpholine rings is 1. The number of rotatable bonds is 6. The summed E-state index contributed by atoms with van der Waals surface area (Å²) in [6, 6.07) is 12.1. The second-order valence-electron chi connectivity index (χ2n) is 8.19. The van der Waals surface area contributed by atoms with E-state index in [-0.39, 0.29) is 12.6 Å². The van der Waals surface area contributed by atoms with Gasteiger partial charge in [-0.1, -0.05) is 18.2 Å². The molecule has 2 saturated heterocycles. The van der Waals surface area contributed by atoms with Gasteiger partial charge in [0.2, 0.25) is 5.95 Å². The van der Waals surface area contributed by atoms with Gasteiger partial charge in [0.15, 0.2) is 0 Å². The highest BCUT2D eigenvalue weighted by Gasteiger charge is 2.34. The van der Waals surface area contributed by atoms with Gasteiger partial charge in [-0.2, -0.15) is 0 Å². The monoisotopic (exact) mass is 406 g/mol. The largest absolute Gasteiger partial charge is 0.491 e. The number of nitrogen functional groups attached to an aromatic ring is 1. The molecule has 2 aliphatic heterocycles. The number of hydrogen-bond acceptors (Lipinski definition) is 7. The van der Waals surface area contributed by atoms with Crippen molar-refractivity contribution in [2.24, 2.45) is 0 Å². The first-order valence-corrected chi connectivity index (χ1v) is 10.4. The molecule has 30 heavy (non-hydrogen) atoms. The fourth-order valence-corrected chi connectivity index (χ4v) is 4.37. The number of nitrogens with zero attached hydrogens (tertiary/aromatic N) is 3. The molecular formula is C23H26N4O3. The van der Waals surface area contributed by atoms with Gasteiger partial charge in [-0.3, -0.25) is 4.90 Å². The molecule has 1 unspecified atom stereocenters. The lowest BCUT2D eigenvalue weighted by Gasteiger charge is -2.33. The standard InChI is InChI=1S/C23H26N4O3/c24-23-25-9-18(10-26-23)16-2-1-15-3-4-20(8-17(15)7-16)29-14-19(28)11-27-12-21-5-6-22(13-27)30-21/h1-4,7-10,19,21-22,28H,5-6,11-14H2,(H2,24,25,26)/t19?,21-,22+. The van der Waals surface area contributed by atoms with Crippen LogP contribution >= 0.6 is 0 Å². The molecule has 0 radical (unpaired) electrons. The predicted octanol–water partition coefficient (Wildman–Crippen LogP) is 2.48. The van der Waals surface area contributed by atoms with Gasteiger partial charge in [0.25, 0.3) is 0 Å². The van der Waals surface area contributed by atoms with E-state index in [2.05, 4.69) is 27.0 Å². The number of β-amino-alcohol motifs (C(OH)–C–C–N with tert-alkyl or cyclic N) is 1. The average molecular weight is 406 g/mol. The molecule has 0 aliphatic carbocycles. The van der Waals surface area contributed by atoms with E-state index < -0.39 is 6.10 Å². The fourth-order valence-electron chi connectivity index (χ4n) is 4.37. The quantitative estimate of drug-likeness (QED) is 0.649. The molecule has 3 atom stereocenters. The van der Waals surface area contributed by atoms with E-state index >= 15 is 0 Å². The van der Waals surface area contributed by atoms with Crippen LogP contribution < -0.4 is 10.5 Å². The summed E-state index contributed by atoms with van der Waals surface area (Å²) in [5.74, 6) is 1.01. The van der Waals surface area contributed by atoms with Gasteiger partial charge in [-0.25, -0.2) is 9.97 Å². The summed E-state index contributed by atoms with van der Waals surface area (Å²) >= 11 is 0. The van der Waals surface area contributed by atoms with Crippen molar-refractivity contribution in [1.29, 1.82) is 0 Å². The molecule has 156 valence electrons. The van der Waals surface area contributed by atoms with E-state index in [1.807, 2.05) is 24.3 Å². The van der Waals surface area contributed by atoms with Gasteiger partial charge in [0, 0.05) is 37.6 Å². The summed E-state index contributed by atoms with van der Waals surface area (Å²) in [7, 11) is 0. The summed E-state index contributed by atoms with van der Waals surface area (Å²) in [6.07, 6.45) is 5.84. The molecule has 2 aliphatic rings. The van der Waals surface area contributed by atoms with Crippen molar-refractivity contribution in [2.75, 3.05) is 32.0 Å². The first-order chi connectivity index (χ1) is 14.6. The van der Waals surface area contributed by atoms with Crippen LogP contribution in [0.4, 0.5) is 5.95 Å². The van der Waals surface area contributed by atoms with Gasteiger partial charge in [0.05, 0.1) is 12.2 Å². The maximum atomic E-state index is 10.5. The molecule has 7 nitrogen and oxygen atoms in total. The number of fused-ring (bicyclic) bond motifs is 3. The summed E-state index contributed by atoms with van der Waals surface area (Å²) in [5, 5.41) is 12.6. The minimum Gasteiger partial charge on any atom is -0.491 e. The molecular weight excluding hydrogens is 380 g/mol. The molecule has 2 aromatic carbocycles. The van der Waals surface area contributed by atoms with Crippen LogP contribution in [0.3, 0.4) is 0 Å². The fraction of sp³-hybridized carbons (Fsp3) is 0.391. The number of nitrogens with two attached hydrogens (primary N) is 1. The highest BCUT2D eigenvalue weighted by atomic mass is 16.5. The third kappa shape index (κ3) is 4.23. The number of ether oxygens (including phenoxy) is 2. The first kappa shape index (κ1) is 19.2. The number of anilines is 1. The second-order valence-corrected chi connectivity index (χ2v) is 8.19. The van der Waals surface area contributed by atoms with Gasteiger partial charge >= 0.3 is 0 Å². The minimum absolute atomic E-state index is 0.263. The Morgan fingerprint density at radius 1 is 1.03 bits per heavy atom. The summed E-state index contributed by atoms with van der Waals surface area (Å²) in [5.41, 5.74) is 7.51. The van der Waals surface area contributed by atoms with Crippen LogP contribution in [0.15, 0.2) is 48.8 Å². The molecule has 5 rings (SSSR count). The van der Waals surface area contributed by atoms with Gasteiger partial charge in [-0.05, 0) is 47.4 Å². The lowest BCUT2D eigenvalue weighted by molar-refractivity contribution is -0.0528. The highest BCUT2D eigenvalue weighted by molar-refractivity contribution is 5.88. The van der Waals surface area contributed by atoms with Crippen LogP contribution in [0.5, 0.6) is 5.75 Å². The zero-order chi connectivity index (χ0) is 20.5. The Labute approximate surface area is 175 Å². The number of aliphatic hydroxyl groups is 1. The topological polar surface area (TPSA) is 93.7 Å². The van der Waals surface area contributed by atoms with E-state index in [0.717, 1.165) is 53.6 Å². The van der Waals surface area contributed by atoms with Crippen LogP contribution in [0, 0.1) is 0 Å². The van der Waals surface area contributed by atoms with Gasteiger partial charge < -0.3 is 20.3 Å². The van der Waals surface area contributed by atoms with Crippen molar-refractivity contribution in [3.05, 3.63) is 48.8 Å². The van der Waals surface area contributed by atoms with Crippen molar-refractivity contribution in [2.45, 2.75) is 31.2 Å². The molecule has 2 bridgehead atoms.